The van der Waals surface area contributed by atoms with Crippen molar-refractivity contribution in [3.8, 4) is 11.5 Å². The highest BCUT2D eigenvalue weighted by Gasteiger charge is 2.26. The van der Waals surface area contributed by atoms with Crippen molar-refractivity contribution in [2.24, 2.45) is 5.92 Å². The van der Waals surface area contributed by atoms with Crippen molar-refractivity contribution in [2.75, 3.05) is 6.79 Å². The van der Waals surface area contributed by atoms with Gasteiger partial charge in [0.15, 0.2) is 11.5 Å². The zero-order valence-corrected chi connectivity index (χ0v) is 13.0. The van der Waals surface area contributed by atoms with Crippen molar-refractivity contribution in [1.82, 2.24) is 15.3 Å². The summed E-state index contributed by atoms with van der Waals surface area (Å²) >= 11 is 0. The fourth-order valence-corrected chi connectivity index (χ4v) is 3.23. The van der Waals surface area contributed by atoms with Gasteiger partial charge in [0.05, 0.1) is 5.69 Å². The summed E-state index contributed by atoms with van der Waals surface area (Å²) in [5.41, 5.74) is 3.23. The summed E-state index contributed by atoms with van der Waals surface area (Å²) in [5.74, 6) is 2.54. The molecule has 0 saturated heterocycles. The summed E-state index contributed by atoms with van der Waals surface area (Å²) in [5, 5.41) is 3.03. The molecule has 2 heterocycles. The third kappa shape index (κ3) is 2.76. The average Bonchev–Trinajstić information content (AvgIpc) is 3.16. The SMILES string of the molecule is Cc1nc2c([nH]1)C[C@@H](C(=O)NCc1ccc3c(c1)OCO3)CC2. The van der Waals surface area contributed by atoms with Gasteiger partial charge >= 0.3 is 0 Å². The minimum Gasteiger partial charge on any atom is -0.454 e. The fraction of sp³-hybridized carbons (Fsp3) is 0.412. The van der Waals surface area contributed by atoms with Crippen LogP contribution in [0.15, 0.2) is 18.2 Å². The molecule has 0 unspecified atom stereocenters. The van der Waals surface area contributed by atoms with Crippen LogP contribution in [0.4, 0.5) is 0 Å². The first-order valence-corrected chi connectivity index (χ1v) is 7.89. The Bertz CT molecular complexity index is 754. The molecule has 1 aliphatic carbocycles. The number of carbonyl (C=O) groups is 1. The third-order valence-electron chi connectivity index (χ3n) is 4.44. The molecule has 1 aliphatic heterocycles. The summed E-state index contributed by atoms with van der Waals surface area (Å²) in [4.78, 5) is 20.1. The Morgan fingerprint density at radius 1 is 1.39 bits per heavy atom. The number of aryl methyl sites for hydroxylation is 2. The van der Waals surface area contributed by atoms with Crippen molar-refractivity contribution < 1.29 is 14.3 Å². The lowest BCUT2D eigenvalue weighted by Gasteiger charge is -2.20. The molecular formula is C17H19N3O3. The van der Waals surface area contributed by atoms with Gasteiger partial charge in [0, 0.05) is 24.6 Å². The van der Waals surface area contributed by atoms with Gasteiger partial charge < -0.3 is 19.8 Å². The van der Waals surface area contributed by atoms with E-state index in [1.807, 2.05) is 25.1 Å². The Balaban J connectivity index is 1.37. The average molecular weight is 313 g/mol. The predicted octanol–water partition coefficient (Wildman–Crippen LogP) is 1.87. The Labute approximate surface area is 134 Å². The van der Waals surface area contributed by atoms with Gasteiger partial charge in [-0.15, -0.1) is 0 Å². The number of carbonyl (C=O) groups excluding carboxylic acids is 1. The lowest BCUT2D eigenvalue weighted by Crippen LogP contribution is -2.33. The van der Waals surface area contributed by atoms with E-state index in [-0.39, 0.29) is 18.6 Å². The summed E-state index contributed by atoms with van der Waals surface area (Å²) in [7, 11) is 0. The van der Waals surface area contributed by atoms with Crippen LogP contribution in [-0.2, 0) is 24.2 Å². The number of aromatic amines is 1. The summed E-state index contributed by atoms with van der Waals surface area (Å²) in [6.45, 7) is 2.72. The molecule has 4 rings (SSSR count). The van der Waals surface area contributed by atoms with Crippen LogP contribution in [0.25, 0.3) is 0 Å². The Morgan fingerprint density at radius 2 is 2.26 bits per heavy atom. The highest BCUT2D eigenvalue weighted by atomic mass is 16.7. The summed E-state index contributed by atoms with van der Waals surface area (Å²) in [6.07, 6.45) is 2.45. The van der Waals surface area contributed by atoms with Gasteiger partial charge in [0.2, 0.25) is 12.7 Å². The smallest absolute Gasteiger partial charge is 0.231 e. The van der Waals surface area contributed by atoms with Crippen LogP contribution in [0, 0.1) is 12.8 Å². The molecule has 0 fully saturated rings. The highest BCUT2D eigenvalue weighted by molar-refractivity contribution is 5.79. The number of fused-ring (bicyclic) bond motifs is 2. The van der Waals surface area contributed by atoms with E-state index in [4.69, 9.17) is 9.47 Å². The van der Waals surface area contributed by atoms with Gasteiger partial charge in [-0.1, -0.05) is 6.07 Å². The van der Waals surface area contributed by atoms with E-state index in [2.05, 4.69) is 15.3 Å². The molecule has 1 atom stereocenters. The minimum atomic E-state index is 0.0105. The van der Waals surface area contributed by atoms with Gasteiger partial charge in [-0.3, -0.25) is 4.79 Å². The van der Waals surface area contributed by atoms with E-state index in [0.29, 0.717) is 6.54 Å². The summed E-state index contributed by atoms with van der Waals surface area (Å²) < 4.78 is 10.6. The van der Waals surface area contributed by atoms with E-state index in [1.165, 1.54) is 0 Å². The Morgan fingerprint density at radius 3 is 3.17 bits per heavy atom. The second-order valence-corrected chi connectivity index (χ2v) is 6.09. The van der Waals surface area contributed by atoms with E-state index in [9.17, 15) is 4.79 Å². The maximum Gasteiger partial charge on any atom is 0.231 e. The van der Waals surface area contributed by atoms with Crippen LogP contribution in [0.3, 0.4) is 0 Å². The number of benzene rings is 1. The topological polar surface area (TPSA) is 76.2 Å². The fourth-order valence-electron chi connectivity index (χ4n) is 3.23. The number of ether oxygens (including phenoxy) is 2. The number of H-pyrrole nitrogens is 1. The molecule has 1 amide bonds. The minimum absolute atomic E-state index is 0.0105. The number of amides is 1. The van der Waals surface area contributed by atoms with Crippen LogP contribution < -0.4 is 14.8 Å². The molecule has 1 aromatic carbocycles. The number of hydrogen-bond acceptors (Lipinski definition) is 4. The van der Waals surface area contributed by atoms with Crippen molar-refractivity contribution in [1.29, 1.82) is 0 Å². The quantitative estimate of drug-likeness (QED) is 0.907. The summed E-state index contributed by atoms with van der Waals surface area (Å²) in [6, 6.07) is 5.74. The maximum atomic E-state index is 12.4. The van der Waals surface area contributed by atoms with Gasteiger partial charge in [-0.25, -0.2) is 4.98 Å². The second-order valence-electron chi connectivity index (χ2n) is 6.09. The van der Waals surface area contributed by atoms with Crippen LogP contribution in [0.5, 0.6) is 11.5 Å². The number of hydrogen-bond donors (Lipinski definition) is 2. The molecule has 6 heteroatoms. The molecule has 2 aliphatic rings. The van der Waals surface area contributed by atoms with Gasteiger partial charge in [-0.2, -0.15) is 0 Å². The molecule has 0 bridgehead atoms. The highest BCUT2D eigenvalue weighted by Crippen LogP contribution is 2.32. The molecule has 0 saturated carbocycles. The zero-order chi connectivity index (χ0) is 15.8. The van der Waals surface area contributed by atoms with Crippen LogP contribution >= 0.6 is 0 Å². The molecule has 120 valence electrons. The van der Waals surface area contributed by atoms with Crippen LogP contribution in [0.2, 0.25) is 0 Å². The van der Waals surface area contributed by atoms with Crippen molar-refractivity contribution in [2.45, 2.75) is 32.7 Å². The maximum absolute atomic E-state index is 12.4. The van der Waals surface area contributed by atoms with E-state index < -0.39 is 0 Å². The van der Waals surface area contributed by atoms with Gasteiger partial charge in [-0.05, 0) is 37.5 Å². The number of nitrogens with zero attached hydrogens (tertiary/aromatic N) is 1. The first-order valence-electron chi connectivity index (χ1n) is 7.89. The number of nitrogens with one attached hydrogen (secondary N) is 2. The Kier molecular flexibility index (Phi) is 3.44. The predicted molar refractivity (Wildman–Crippen MR) is 83.3 cm³/mol. The van der Waals surface area contributed by atoms with E-state index >= 15 is 0 Å². The molecule has 1 aromatic heterocycles. The molecule has 2 N–H and O–H groups in total. The monoisotopic (exact) mass is 313 g/mol. The molecule has 2 aromatic rings. The molecular weight excluding hydrogens is 294 g/mol. The molecule has 0 spiro atoms. The normalized spacial score (nSPS) is 18.6. The second kappa shape index (κ2) is 5.61. The first-order chi connectivity index (χ1) is 11.2. The molecule has 23 heavy (non-hydrogen) atoms. The van der Waals surface area contributed by atoms with Crippen molar-refractivity contribution in [3.05, 3.63) is 41.0 Å². The lowest BCUT2D eigenvalue weighted by molar-refractivity contribution is -0.125. The Hall–Kier alpha value is -2.50. The van der Waals surface area contributed by atoms with Gasteiger partial charge in [0.25, 0.3) is 0 Å². The largest absolute Gasteiger partial charge is 0.454 e. The third-order valence-corrected chi connectivity index (χ3v) is 4.44. The number of rotatable bonds is 3. The van der Waals surface area contributed by atoms with Crippen LogP contribution in [-0.4, -0.2) is 22.7 Å². The molecule has 6 nitrogen and oxygen atoms in total. The van der Waals surface area contributed by atoms with E-state index in [1.54, 1.807) is 0 Å². The number of aromatic nitrogens is 2. The van der Waals surface area contributed by atoms with Crippen molar-refractivity contribution in [3.63, 3.8) is 0 Å². The van der Waals surface area contributed by atoms with Crippen LogP contribution in [0.1, 0.15) is 29.2 Å². The number of imidazole rings is 1. The van der Waals surface area contributed by atoms with Crippen molar-refractivity contribution >= 4 is 5.91 Å². The molecule has 0 radical (unpaired) electrons. The van der Waals surface area contributed by atoms with Gasteiger partial charge in [0.1, 0.15) is 5.82 Å². The van der Waals surface area contributed by atoms with E-state index in [0.717, 1.165) is 53.5 Å². The first kappa shape index (κ1) is 14.1. The zero-order valence-electron chi connectivity index (χ0n) is 13.0. The lowest BCUT2D eigenvalue weighted by atomic mass is 9.89. The standard InChI is InChI=1S/C17H19N3O3/c1-10-19-13-4-3-12(7-14(13)20-10)17(21)18-8-11-2-5-15-16(6-11)23-9-22-15/h2,5-6,12H,3-4,7-9H2,1H3,(H,18,21)(H,19,20)/t12-/m0/s1.